The second-order valence-electron chi connectivity index (χ2n) is 4.67. The zero-order valence-electron chi connectivity index (χ0n) is 10.8. The van der Waals surface area contributed by atoms with E-state index in [1.807, 2.05) is 26.0 Å². The van der Waals surface area contributed by atoms with Crippen LogP contribution >= 0.6 is 0 Å². The number of nitrogens with zero attached hydrogens (tertiary/aromatic N) is 1. The number of hydrogen-bond acceptors (Lipinski definition) is 2. The van der Waals surface area contributed by atoms with E-state index >= 15 is 0 Å². The Bertz CT molecular complexity index is 519. The van der Waals surface area contributed by atoms with E-state index in [-0.39, 0.29) is 11.7 Å². The molecule has 0 radical (unpaired) electrons. The summed E-state index contributed by atoms with van der Waals surface area (Å²) >= 11 is 0. The molecule has 0 aliphatic carbocycles. The number of hydrogen-bond donors (Lipinski definition) is 0. The fraction of sp³-hybridized carbons (Fsp3) is 0.333. The van der Waals surface area contributed by atoms with Crippen LogP contribution in [0.1, 0.15) is 27.9 Å². The summed E-state index contributed by atoms with van der Waals surface area (Å²) in [7, 11) is 0. The van der Waals surface area contributed by atoms with Crippen LogP contribution < -0.4 is 0 Å². The molecule has 0 saturated carbocycles. The number of likely N-dealkylation sites (tertiary alicyclic amines) is 1. The van der Waals surface area contributed by atoms with Gasteiger partial charge in [0, 0.05) is 12.1 Å². The quantitative estimate of drug-likeness (QED) is 0.604. The zero-order valence-corrected chi connectivity index (χ0v) is 10.8. The van der Waals surface area contributed by atoms with Crippen LogP contribution in [0.15, 0.2) is 31.0 Å². The first kappa shape index (κ1) is 12.6. The van der Waals surface area contributed by atoms with Crippen molar-refractivity contribution >= 4 is 11.7 Å². The first-order valence-corrected chi connectivity index (χ1v) is 6.09. The van der Waals surface area contributed by atoms with E-state index < -0.39 is 5.92 Å². The molecule has 1 aliphatic rings. The van der Waals surface area contributed by atoms with Gasteiger partial charge in [0.2, 0.25) is 5.91 Å². The zero-order chi connectivity index (χ0) is 13.3. The summed E-state index contributed by atoms with van der Waals surface area (Å²) in [5.74, 6) is -0.732. The lowest BCUT2D eigenvalue weighted by Crippen LogP contribution is -2.27. The minimum atomic E-state index is -0.538. The molecule has 3 heteroatoms. The Morgan fingerprint density at radius 1 is 1.44 bits per heavy atom. The van der Waals surface area contributed by atoms with Crippen molar-refractivity contribution in [1.29, 1.82) is 0 Å². The third-order valence-electron chi connectivity index (χ3n) is 3.65. The third-order valence-corrected chi connectivity index (χ3v) is 3.65. The lowest BCUT2D eigenvalue weighted by Gasteiger charge is -2.12. The summed E-state index contributed by atoms with van der Waals surface area (Å²) in [6, 6.07) is 5.63. The highest BCUT2D eigenvalue weighted by Crippen LogP contribution is 2.24. The number of amides is 1. The summed E-state index contributed by atoms with van der Waals surface area (Å²) in [6.07, 6.45) is 2.08. The number of ketones is 1. The number of benzene rings is 1. The average molecular weight is 243 g/mol. The van der Waals surface area contributed by atoms with Crippen LogP contribution in [-0.4, -0.2) is 23.1 Å². The molecule has 94 valence electrons. The topological polar surface area (TPSA) is 37.4 Å². The average Bonchev–Trinajstić information content (AvgIpc) is 2.73. The van der Waals surface area contributed by atoms with Gasteiger partial charge < -0.3 is 4.90 Å². The molecule has 2 rings (SSSR count). The molecule has 1 unspecified atom stereocenters. The van der Waals surface area contributed by atoms with Crippen LogP contribution in [0.4, 0.5) is 0 Å². The van der Waals surface area contributed by atoms with Gasteiger partial charge in [-0.15, -0.1) is 0 Å². The van der Waals surface area contributed by atoms with E-state index in [0.717, 1.165) is 11.1 Å². The smallest absolute Gasteiger partial charge is 0.237 e. The molecule has 1 amide bonds. The van der Waals surface area contributed by atoms with E-state index in [9.17, 15) is 9.59 Å². The van der Waals surface area contributed by atoms with Crippen molar-refractivity contribution in [2.45, 2.75) is 20.3 Å². The molecule has 0 aromatic heterocycles. The second-order valence-corrected chi connectivity index (χ2v) is 4.67. The van der Waals surface area contributed by atoms with E-state index in [0.29, 0.717) is 18.5 Å². The van der Waals surface area contributed by atoms with Crippen LogP contribution in [-0.2, 0) is 4.79 Å². The first-order chi connectivity index (χ1) is 8.56. The molecule has 1 aromatic rings. The predicted octanol–water partition coefficient (Wildman–Crippen LogP) is 2.48. The Morgan fingerprint density at radius 3 is 2.78 bits per heavy atom. The van der Waals surface area contributed by atoms with Crippen molar-refractivity contribution in [2.24, 2.45) is 5.92 Å². The normalized spacial score (nSPS) is 19.1. The third kappa shape index (κ3) is 1.96. The van der Waals surface area contributed by atoms with E-state index in [4.69, 9.17) is 0 Å². The highest BCUT2D eigenvalue weighted by atomic mass is 16.2. The standard InChI is InChI=1S/C15H17NO2/c1-4-16-9-8-13(15(16)18)14(17)12-7-5-6-10(2)11(12)3/h4-7,13H,1,8-9H2,2-3H3. The van der Waals surface area contributed by atoms with E-state index in [1.54, 1.807) is 6.07 Å². The molecular weight excluding hydrogens is 226 g/mol. The Labute approximate surface area is 107 Å². The van der Waals surface area contributed by atoms with Crippen molar-refractivity contribution in [3.05, 3.63) is 47.7 Å². The number of aryl methyl sites for hydroxylation is 1. The Balaban J connectivity index is 2.30. The summed E-state index contributed by atoms with van der Waals surface area (Å²) in [6.45, 7) is 8.07. The lowest BCUT2D eigenvalue weighted by atomic mass is 9.91. The molecule has 1 heterocycles. The largest absolute Gasteiger partial charge is 0.319 e. The van der Waals surface area contributed by atoms with Gasteiger partial charge in [0.05, 0.1) is 0 Å². The highest BCUT2D eigenvalue weighted by Gasteiger charge is 2.36. The molecule has 1 aliphatic heterocycles. The number of carbonyl (C=O) groups excluding carboxylic acids is 2. The summed E-state index contributed by atoms with van der Waals surface area (Å²) in [4.78, 5) is 25.9. The van der Waals surface area contributed by atoms with Gasteiger partial charge in [-0.25, -0.2) is 0 Å². The van der Waals surface area contributed by atoms with Gasteiger partial charge in [-0.05, 0) is 37.6 Å². The molecule has 1 saturated heterocycles. The lowest BCUT2D eigenvalue weighted by molar-refractivity contribution is -0.127. The van der Waals surface area contributed by atoms with E-state index in [2.05, 4.69) is 6.58 Å². The molecule has 0 spiro atoms. The van der Waals surface area contributed by atoms with Crippen LogP contribution in [0.5, 0.6) is 0 Å². The molecule has 3 nitrogen and oxygen atoms in total. The number of carbonyl (C=O) groups is 2. The van der Waals surface area contributed by atoms with Crippen LogP contribution in [0.3, 0.4) is 0 Å². The molecule has 1 atom stereocenters. The van der Waals surface area contributed by atoms with Crippen LogP contribution in [0, 0.1) is 19.8 Å². The van der Waals surface area contributed by atoms with Crippen molar-refractivity contribution < 1.29 is 9.59 Å². The fourth-order valence-corrected chi connectivity index (χ4v) is 2.33. The van der Waals surface area contributed by atoms with Gasteiger partial charge in [0.25, 0.3) is 0 Å². The summed E-state index contributed by atoms with van der Waals surface area (Å²) in [5, 5.41) is 0. The van der Waals surface area contributed by atoms with Gasteiger partial charge in [-0.2, -0.15) is 0 Å². The Morgan fingerprint density at radius 2 is 2.17 bits per heavy atom. The summed E-state index contributed by atoms with van der Waals surface area (Å²) < 4.78 is 0. The predicted molar refractivity (Wildman–Crippen MR) is 70.3 cm³/mol. The van der Waals surface area contributed by atoms with Crippen molar-refractivity contribution in [2.75, 3.05) is 6.54 Å². The Kier molecular flexibility index (Phi) is 3.32. The molecular formula is C15H17NO2. The minimum absolute atomic E-state index is 0.0643. The number of Topliss-reactive ketones (excluding diaryl/α,β-unsaturated/α-hetero) is 1. The first-order valence-electron chi connectivity index (χ1n) is 6.09. The SMILES string of the molecule is C=CN1CCC(C(=O)c2cccc(C)c2C)C1=O. The minimum Gasteiger partial charge on any atom is -0.319 e. The van der Waals surface area contributed by atoms with E-state index in [1.165, 1.54) is 11.1 Å². The maximum atomic E-state index is 12.4. The van der Waals surface area contributed by atoms with Gasteiger partial charge in [-0.1, -0.05) is 24.8 Å². The molecule has 1 aromatic carbocycles. The second kappa shape index (κ2) is 4.77. The molecule has 0 bridgehead atoms. The maximum Gasteiger partial charge on any atom is 0.237 e. The Hall–Kier alpha value is -1.90. The maximum absolute atomic E-state index is 12.4. The van der Waals surface area contributed by atoms with Crippen molar-refractivity contribution in [1.82, 2.24) is 4.90 Å². The molecule has 18 heavy (non-hydrogen) atoms. The van der Waals surface area contributed by atoms with Crippen molar-refractivity contribution in [3.63, 3.8) is 0 Å². The summed E-state index contributed by atoms with van der Waals surface area (Å²) in [5.41, 5.74) is 2.71. The van der Waals surface area contributed by atoms with Gasteiger partial charge in [-0.3, -0.25) is 9.59 Å². The van der Waals surface area contributed by atoms with Gasteiger partial charge >= 0.3 is 0 Å². The molecule has 0 N–H and O–H groups in total. The van der Waals surface area contributed by atoms with Crippen LogP contribution in [0.2, 0.25) is 0 Å². The highest BCUT2D eigenvalue weighted by molar-refractivity contribution is 6.11. The fourth-order valence-electron chi connectivity index (χ4n) is 2.33. The monoisotopic (exact) mass is 243 g/mol. The molecule has 1 fully saturated rings. The number of rotatable bonds is 3. The van der Waals surface area contributed by atoms with Crippen molar-refractivity contribution in [3.8, 4) is 0 Å². The van der Waals surface area contributed by atoms with Gasteiger partial charge in [0.1, 0.15) is 5.92 Å². The van der Waals surface area contributed by atoms with Gasteiger partial charge in [0.15, 0.2) is 5.78 Å². The van der Waals surface area contributed by atoms with Crippen LogP contribution in [0.25, 0.3) is 0 Å².